The van der Waals surface area contributed by atoms with Crippen LogP contribution in [0.4, 0.5) is 0 Å². The summed E-state index contributed by atoms with van der Waals surface area (Å²) in [4.78, 5) is 0. The monoisotopic (exact) mass is 204 g/mol. The van der Waals surface area contributed by atoms with Gasteiger partial charge in [-0.2, -0.15) is 8.42 Å². The first kappa shape index (κ1) is 12.1. The topological polar surface area (TPSA) is 58.2 Å². The Balaban J connectivity index is 0.000000252. The lowest BCUT2D eigenvalue weighted by Gasteiger charge is -1.84. The Hall–Kier alpha value is -0.940. The van der Waals surface area contributed by atoms with E-state index in [0.717, 1.165) is 6.54 Å². The molecular weight excluding hydrogens is 190 g/mol. The first-order chi connectivity index (χ1) is 5.93. The maximum Gasteiger partial charge on any atom is 0.261 e. The van der Waals surface area contributed by atoms with Crippen LogP contribution in [0.2, 0.25) is 0 Å². The fourth-order valence-corrected chi connectivity index (χ4v) is 0.645. The van der Waals surface area contributed by atoms with Crippen molar-refractivity contribution >= 4 is 10.1 Å². The molecule has 0 aliphatic rings. The van der Waals surface area contributed by atoms with Crippen LogP contribution in [0.25, 0.3) is 0 Å². The van der Waals surface area contributed by atoms with E-state index in [-0.39, 0.29) is 0 Å². The van der Waals surface area contributed by atoms with E-state index in [1.807, 2.05) is 18.2 Å². The van der Waals surface area contributed by atoms with Gasteiger partial charge in [0, 0.05) is 12.1 Å². The highest BCUT2D eigenvalue weighted by atomic mass is 32.2. The maximum absolute atomic E-state index is 9.19. The highest BCUT2D eigenvalue weighted by Gasteiger charge is 1.86. The zero-order chi connectivity index (χ0) is 10.3. The van der Waals surface area contributed by atoms with Gasteiger partial charge in [-0.25, -0.2) is 4.57 Å². The van der Waals surface area contributed by atoms with Gasteiger partial charge >= 0.3 is 0 Å². The minimum atomic E-state index is -3.67. The Morgan fingerprint density at radius 3 is 1.85 bits per heavy atom. The summed E-state index contributed by atoms with van der Waals surface area (Å²) in [7, 11) is -3.67. The Bertz CT molecular complexity index is 313. The number of hydrogen-bond donors (Lipinski definition) is 1. The Morgan fingerprint density at radius 1 is 1.23 bits per heavy atom. The van der Waals surface area contributed by atoms with Crippen LogP contribution in [-0.4, -0.2) is 19.2 Å². The summed E-state index contributed by atoms with van der Waals surface area (Å²) in [6, 6.07) is 6.08. The second-order valence-corrected chi connectivity index (χ2v) is 3.91. The third-order valence-corrected chi connectivity index (χ3v) is 1.14. The lowest BCUT2D eigenvalue weighted by molar-refractivity contribution is -0.693. The predicted octanol–water partition coefficient (Wildman–Crippen LogP) is 0.498. The van der Waals surface area contributed by atoms with Crippen LogP contribution in [0.1, 0.15) is 6.92 Å². The molecule has 0 aliphatic carbocycles. The molecule has 0 atom stereocenters. The summed E-state index contributed by atoms with van der Waals surface area (Å²) in [5.41, 5.74) is 0. The standard InChI is InChI=1S/C7H10N.CH4O3S/c1-2-8-6-4-3-5-7-8;1-5(2,3)4/h3-7H,2H2,1H3;1H3,(H,2,3,4)/q+1;. The van der Waals surface area contributed by atoms with E-state index in [1.165, 1.54) is 0 Å². The van der Waals surface area contributed by atoms with Gasteiger partial charge in [0.1, 0.15) is 6.54 Å². The van der Waals surface area contributed by atoms with Gasteiger partial charge in [-0.05, 0) is 6.92 Å². The van der Waals surface area contributed by atoms with Gasteiger partial charge in [-0.15, -0.1) is 0 Å². The third kappa shape index (κ3) is 11.1. The van der Waals surface area contributed by atoms with Crippen LogP contribution < -0.4 is 4.57 Å². The third-order valence-electron chi connectivity index (χ3n) is 1.14. The van der Waals surface area contributed by atoms with Gasteiger partial charge in [-0.1, -0.05) is 6.07 Å². The molecule has 13 heavy (non-hydrogen) atoms. The van der Waals surface area contributed by atoms with Crippen LogP contribution in [-0.2, 0) is 16.7 Å². The van der Waals surface area contributed by atoms with Crippen LogP contribution >= 0.6 is 0 Å². The molecule has 0 radical (unpaired) electrons. The van der Waals surface area contributed by atoms with Crippen LogP contribution in [0.5, 0.6) is 0 Å². The molecule has 1 N–H and O–H groups in total. The number of pyridine rings is 1. The molecule has 74 valence electrons. The van der Waals surface area contributed by atoms with Crippen LogP contribution in [0, 0.1) is 0 Å². The molecule has 0 bridgehead atoms. The summed E-state index contributed by atoms with van der Waals surface area (Å²) in [5.74, 6) is 0. The summed E-state index contributed by atoms with van der Waals surface area (Å²) >= 11 is 0. The lowest BCUT2D eigenvalue weighted by Crippen LogP contribution is -2.30. The van der Waals surface area contributed by atoms with E-state index < -0.39 is 10.1 Å². The van der Waals surface area contributed by atoms with Crippen molar-refractivity contribution in [3.05, 3.63) is 30.6 Å². The average molecular weight is 204 g/mol. The second-order valence-electron chi connectivity index (χ2n) is 2.44. The summed E-state index contributed by atoms with van der Waals surface area (Å²) < 4.78 is 28.0. The molecule has 0 unspecified atom stereocenters. The van der Waals surface area contributed by atoms with Gasteiger partial charge in [0.25, 0.3) is 10.1 Å². The van der Waals surface area contributed by atoms with Crippen molar-refractivity contribution < 1.29 is 17.5 Å². The zero-order valence-corrected chi connectivity index (χ0v) is 8.53. The van der Waals surface area contributed by atoms with Gasteiger partial charge in [0.15, 0.2) is 12.4 Å². The van der Waals surface area contributed by atoms with Gasteiger partial charge in [0.2, 0.25) is 0 Å². The van der Waals surface area contributed by atoms with Crippen molar-refractivity contribution in [1.29, 1.82) is 0 Å². The Morgan fingerprint density at radius 2 is 1.62 bits per heavy atom. The van der Waals surface area contributed by atoms with E-state index in [0.29, 0.717) is 6.26 Å². The smallest absolute Gasteiger partial charge is 0.261 e. The van der Waals surface area contributed by atoms with Crippen molar-refractivity contribution in [2.24, 2.45) is 0 Å². The highest BCUT2D eigenvalue weighted by molar-refractivity contribution is 7.85. The molecule has 1 rings (SSSR count). The first-order valence-corrected chi connectivity index (χ1v) is 5.65. The first-order valence-electron chi connectivity index (χ1n) is 3.80. The number of hydrogen-bond acceptors (Lipinski definition) is 2. The number of aromatic nitrogens is 1. The Labute approximate surface area is 78.6 Å². The lowest BCUT2D eigenvalue weighted by atomic mass is 10.5. The molecule has 1 aromatic rings. The van der Waals surface area contributed by atoms with Crippen molar-refractivity contribution in [2.75, 3.05) is 6.26 Å². The van der Waals surface area contributed by atoms with E-state index in [1.54, 1.807) is 0 Å². The van der Waals surface area contributed by atoms with Gasteiger partial charge in [0.05, 0.1) is 6.26 Å². The molecule has 0 fully saturated rings. The van der Waals surface area contributed by atoms with Crippen molar-refractivity contribution in [3.63, 3.8) is 0 Å². The molecule has 0 saturated carbocycles. The van der Waals surface area contributed by atoms with E-state index >= 15 is 0 Å². The van der Waals surface area contributed by atoms with E-state index in [4.69, 9.17) is 4.55 Å². The molecule has 0 spiro atoms. The second kappa shape index (κ2) is 5.66. The molecule has 1 aromatic heterocycles. The minimum Gasteiger partial charge on any atom is -0.286 e. The summed E-state index contributed by atoms with van der Waals surface area (Å²) in [6.07, 6.45) is 4.83. The van der Waals surface area contributed by atoms with Gasteiger partial charge < -0.3 is 0 Å². The maximum atomic E-state index is 9.19. The van der Waals surface area contributed by atoms with E-state index in [9.17, 15) is 8.42 Å². The quantitative estimate of drug-likeness (QED) is 0.535. The fourth-order valence-electron chi connectivity index (χ4n) is 0.645. The molecule has 0 aliphatic heterocycles. The van der Waals surface area contributed by atoms with Crippen LogP contribution in [0.3, 0.4) is 0 Å². The number of rotatable bonds is 1. The molecule has 5 heteroatoms. The van der Waals surface area contributed by atoms with Crippen molar-refractivity contribution in [2.45, 2.75) is 13.5 Å². The average Bonchev–Trinajstić information content (AvgIpc) is 2.03. The van der Waals surface area contributed by atoms with E-state index in [2.05, 4.69) is 23.9 Å². The fraction of sp³-hybridized carbons (Fsp3) is 0.375. The molecule has 0 aromatic carbocycles. The summed E-state index contributed by atoms with van der Waals surface area (Å²) in [6.45, 7) is 3.18. The molecule has 0 amide bonds. The number of nitrogens with zero attached hydrogens (tertiary/aromatic N) is 1. The molecular formula is C8H14NO3S+. The number of aryl methyl sites for hydroxylation is 1. The SMILES string of the molecule is CC[n+]1ccccc1.CS(=O)(=O)O. The predicted molar refractivity (Wildman–Crippen MR) is 49.8 cm³/mol. The normalized spacial score (nSPS) is 10.1. The Kier molecular flexibility index (Phi) is 5.25. The van der Waals surface area contributed by atoms with Crippen molar-refractivity contribution in [3.8, 4) is 0 Å². The van der Waals surface area contributed by atoms with Gasteiger partial charge in [-0.3, -0.25) is 4.55 Å². The molecule has 1 heterocycles. The zero-order valence-electron chi connectivity index (χ0n) is 7.71. The van der Waals surface area contributed by atoms with Crippen LogP contribution in [0.15, 0.2) is 30.6 Å². The minimum absolute atomic E-state index is 0.715. The van der Waals surface area contributed by atoms with Crippen molar-refractivity contribution in [1.82, 2.24) is 0 Å². The highest BCUT2D eigenvalue weighted by Crippen LogP contribution is 1.74. The molecule has 4 nitrogen and oxygen atoms in total. The largest absolute Gasteiger partial charge is 0.286 e. The molecule has 0 saturated heterocycles. The summed E-state index contributed by atoms with van der Waals surface area (Å²) in [5, 5.41) is 0.